The van der Waals surface area contributed by atoms with Crippen LogP contribution in [0.3, 0.4) is 0 Å². The Labute approximate surface area is 205 Å². The van der Waals surface area contributed by atoms with Gasteiger partial charge in [-0.15, -0.1) is 0 Å². The van der Waals surface area contributed by atoms with Crippen LogP contribution in [0.4, 0.5) is 5.69 Å². The number of ketones is 1. The molecule has 34 heavy (non-hydrogen) atoms. The number of hydrogen-bond donors (Lipinski definition) is 2. The lowest BCUT2D eigenvalue weighted by Crippen LogP contribution is -2.49. The van der Waals surface area contributed by atoms with Crippen LogP contribution < -0.4 is 5.32 Å². The maximum atomic E-state index is 12.3. The highest BCUT2D eigenvalue weighted by atomic mass is 35.5. The van der Waals surface area contributed by atoms with E-state index in [9.17, 15) is 19.2 Å². The molecule has 2 amide bonds. The van der Waals surface area contributed by atoms with Gasteiger partial charge in [-0.2, -0.15) is 0 Å². The van der Waals surface area contributed by atoms with Crippen LogP contribution >= 0.6 is 23.2 Å². The second-order valence-electron chi connectivity index (χ2n) is 7.36. The van der Waals surface area contributed by atoms with E-state index in [4.69, 9.17) is 37.8 Å². The van der Waals surface area contributed by atoms with Gasteiger partial charge in [-0.1, -0.05) is 23.2 Å². The molecule has 11 heteroatoms. The Morgan fingerprint density at radius 2 is 1.88 bits per heavy atom. The van der Waals surface area contributed by atoms with Gasteiger partial charge >= 0.3 is 5.97 Å². The van der Waals surface area contributed by atoms with E-state index in [1.807, 2.05) is 0 Å². The molecule has 2 N–H and O–H groups in total. The van der Waals surface area contributed by atoms with E-state index in [0.717, 1.165) is 0 Å². The molecule has 3 rings (SSSR count). The van der Waals surface area contributed by atoms with Crippen molar-refractivity contribution >= 4 is 52.5 Å². The monoisotopic (exact) mass is 508 g/mol. The third-order valence-corrected chi connectivity index (χ3v) is 5.53. The van der Waals surface area contributed by atoms with E-state index in [1.165, 1.54) is 47.4 Å². The third kappa shape index (κ3) is 6.77. The molecule has 0 spiro atoms. The molecule has 0 aliphatic carbocycles. The molecular weight excluding hydrogens is 487 g/mol. The minimum atomic E-state index is -0.916. The van der Waals surface area contributed by atoms with Gasteiger partial charge in [0.15, 0.2) is 6.61 Å². The molecule has 0 saturated carbocycles. The van der Waals surface area contributed by atoms with Crippen molar-refractivity contribution in [1.29, 1.82) is 0 Å². The Morgan fingerprint density at radius 3 is 2.56 bits per heavy atom. The molecule has 0 radical (unpaired) electrons. The third-order valence-electron chi connectivity index (χ3n) is 4.98. The van der Waals surface area contributed by atoms with Crippen molar-refractivity contribution in [2.45, 2.75) is 12.5 Å². The molecule has 0 bridgehead atoms. The Bertz CT molecular complexity index is 1070. The quantitative estimate of drug-likeness (QED) is 0.394. The topological polar surface area (TPSA) is 122 Å². The summed E-state index contributed by atoms with van der Waals surface area (Å²) < 4.78 is 10.4. The summed E-state index contributed by atoms with van der Waals surface area (Å²) in [5.74, 6) is -1.98. The highest BCUT2D eigenvalue weighted by Crippen LogP contribution is 2.21. The summed E-state index contributed by atoms with van der Waals surface area (Å²) in [6, 6.07) is 10.2. The van der Waals surface area contributed by atoms with Crippen molar-refractivity contribution < 1.29 is 33.8 Å². The summed E-state index contributed by atoms with van der Waals surface area (Å²) in [5.41, 5.74) is 0.774. The number of nitrogens with zero attached hydrogens (tertiary/aromatic N) is 1. The highest BCUT2D eigenvalue weighted by molar-refractivity contribution is 6.36. The van der Waals surface area contributed by atoms with E-state index < -0.39 is 30.4 Å². The average molecular weight is 509 g/mol. The molecule has 2 aromatic rings. The van der Waals surface area contributed by atoms with Gasteiger partial charge in [0.2, 0.25) is 11.7 Å². The Hall–Kier alpha value is -2.98. The number of ether oxygens (including phenoxy) is 2. The summed E-state index contributed by atoms with van der Waals surface area (Å²) in [6.45, 7) is 0.181. The van der Waals surface area contributed by atoms with Gasteiger partial charge in [-0.25, -0.2) is 4.79 Å². The average Bonchev–Trinajstić information content (AvgIpc) is 2.80. The SMILES string of the molecule is O=C(CC1OCCN(CCO)C1=O)Nc1ccc(C(=O)OCC(=O)c2ccc(Cl)cc2Cl)cc1. The van der Waals surface area contributed by atoms with Gasteiger partial charge in [0.25, 0.3) is 5.91 Å². The molecular formula is C23H22Cl2N2O7. The van der Waals surface area contributed by atoms with E-state index >= 15 is 0 Å². The molecule has 1 saturated heterocycles. The predicted octanol–water partition coefficient (Wildman–Crippen LogP) is 2.58. The van der Waals surface area contributed by atoms with Crippen LogP contribution in [0.1, 0.15) is 27.1 Å². The lowest BCUT2D eigenvalue weighted by molar-refractivity contribution is -0.155. The van der Waals surface area contributed by atoms with Crippen molar-refractivity contribution in [3.8, 4) is 0 Å². The van der Waals surface area contributed by atoms with Gasteiger partial charge in [0, 0.05) is 29.4 Å². The number of hydrogen-bond acceptors (Lipinski definition) is 7. The molecule has 180 valence electrons. The van der Waals surface area contributed by atoms with Crippen LogP contribution in [0.15, 0.2) is 42.5 Å². The van der Waals surface area contributed by atoms with E-state index in [2.05, 4.69) is 5.32 Å². The Kier molecular flexibility index (Phi) is 9.00. The van der Waals surface area contributed by atoms with Gasteiger partial charge in [0.1, 0.15) is 6.10 Å². The number of aliphatic hydroxyl groups excluding tert-OH is 1. The maximum Gasteiger partial charge on any atom is 0.338 e. The smallest absolute Gasteiger partial charge is 0.338 e. The zero-order valence-corrected chi connectivity index (χ0v) is 19.5. The largest absolute Gasteiger partial charge is 0.454 e. The molecule has 9 nitrogen and oxygen atoms in total. The first-order chi connectivity index (χ1) is 16.3. The first-order valence-corrected chi connectivity index (χ1v) is 11.1. The molecule has 0 aromatic heterocycles. The van der Waals surface area contributed by atoms with Crippen LogP contribution in [0.2, 0.25) is 10.0 Å². The van der Waals surface area contributed by atoms with Gasteiger partial charge < -0.3 is 24.8 Å². The summed E-state index contributed by atoms with van der Waals surface area (Å²) in [4.78, 5) is 50.5. The van der Waals surface area contributed by atoms with Gasteiger partial charge in [-0.05, 0) is 42.5 Å². The van der Waals surface area contributed by atoms with E-state index in [0.29, 0.717) is 17.3 Å². The molecule has 2 aromatic carbocycles. The lowest BCUT2D eigenvalue weighted by atomic mass is 10.1. The number of halogens is 2. The van der Waals surface area contributed by atoms with Crippen LogP contribution in [0.25, 0.3) is 0 Å². The fourth-order valence-electron chi connectivity index (χ4n) is 3.26. The number of morpholine rings is 1. The Balaban J connectivity index is 1.50. The standard InChI is InChI=1S/C23H22Cl2N2O7/c24-15-3-6-17(18(25)11-15)19(29)13-34-23(32)14-1-4-16(5-2-14)26-21(30)12-20-22(31)27(7-9-28)8-10-33-20/h1-6,11,20,28H,7-10,12-13H2,(H,26,30). The number of Topliss-reactive ketones (excluding diaryl/α,β-unsaturated/α-hetero) is 1. The second-order valence-corrected chi connectivity index (χ2v) is 8.21. The zero-order valence-electron chi connectivity index (χ0n) is 18.0. The number of β-amino-alcohol motifs (C(OH)–C–C–N with tert-alkyl or cyclic N) is 1. The summed E-state index contributed by atoms with van der Waals surface area (Å²) >= 11 is 11.8. The van der Waals surface area contributed by atoms with Crippen LogP contribution in [-0.2, 0) is 19.1 Å². The first-order valence-electron chi connectivity index (χ1n) is 10.3. The van der Waals surface area contributed by atoms with Crippen LogP contribution in [0.5, 0.6) is 0 Å². The second kappa shape index (κ2) is 11.9. The molecule has 1 fully saturated rings. The number of anilines is 1. The fourth-order valence-corrected chi connectivity index (χ4v) is 3.77. The number of carbonyl (C=O) groups excluding carboxylic acids is 4. The van der Waals surface area contributed by atoms with Crippen molar-refractivity contribution in [1.82, 2.24) is 4.90 Å². The fraction of sp³-hybridized carbons (Fsp3) is 0.304. The van der Waals surface area contributed by atoms with Crippen molar-refractivity contribution in [3.63, 3.8) is 0 Å². The minimum Gasteiger partial charge on any atom is -0.454 e. The molecule has 1 unspecified atom stereocenters. The minimum absolute atomic E-state index is 0.162. The van der Waals surface area contributed by atoms with Gasteiger partial charge in [0.05, 0.1) is 30.2 Å². The molecule has 1 heterocycles. The van der Waals surface area contributed by atoms with E-state index in [1.54, 1.807) is 0 Å². The number of benzene rings is 2. The van der Waals surface area contributed by atoms with Crippen LogP contribution in [-0.4, -0.2) is 72.6 Å². The maximum absolute atomic E-state index is 12.3. The normalized spacial score (nSPS) is 15.7. The van der Waals surface area contributed by atoms with Gasteiger partial charge in [-0.3, -0.25) is 14.4 Å². The predicted molar refractivity (Wildman–Crippen MR) is 124 cm³/mol. The number of carbonyl (C=O) groups is 4. The summed E-state index contributed by atoms with van der Waals surface area (Å²) in [6.07, 6.45) is -1.10. The van der Waals surface area contributed by atoms with Crippen molar-refractivity contribution in [2.24, 2.45) is 0 Å². The number of esters is 1. The molecule has 1 aliphatic rings. The number of aliphatic hydroxyl groups is 1. The molecule has 1 aliphatic heterocycles. The lowest BCUT2D eigenvalue weighted by Gasteiger charge is -2.31. The zero-order chi connectivity index (χ0) is 24.7. The summed E-state index contributed by atoms with van der Waals surface area (Å²) in [7, 11) is 0. The van der Waals surface area contributed by atoms with Crippen LogP contribution in [0, 0.1) is 0 Å². The highest BCUT2D eigenvalue weighted by Gasteiger charge is 2.31. The van der Waals surface area contributed by atoms with Crippen molar-refractivity contribution in [2.75, 3.05) is 38.2 Å². The number of rotatable bonds is 9. The first kappa shape index (κ1) is 25.6. The van der Waals surface area contributed by atoms with Crippen molar-refractivity contribution in [3.05, 3.63) is 63.6 Å². The number of nitrogens with one attached hydrogen (secondary N) is 1. The molecule has 1 atom stereocenters. The Morgan fingerprint density at radius 1 is 1.15 bits per heavy atom. The van der Waals surface area contributed by atoms with E-state index in [-0.39, 0.29) is 48.2 Å². The summed E-state index contributed by atoms with van der Waals surface area (Å²) in [5, 5.41) is 12.2. The number of amides is 2.